The molecular formula is C32H45N6O7P. The zero-order valence-corrected chi connectivity index (χ0v) is 27.3. The van der Waals surface area contributed by atoms with Crippen molar-refractivity contribution in [2.24, 2.45) is 5.90 Å². The van der Waals surface area contributed by atoms with Gasteiger partial charge in [0.05, 0.1) is 50.9 Å². The first-order valence-electron chi connectivity index (χ1n) is 15.9. The van der Waals surface area contributed by atoms with Crippen molar-refractivity contribution >= 4 is 26.1 Å². The number of para-hydroxylation sites is 1. The molecule has 0 saturated carbocycles. The topological polar surface area (TPSA) is 163 Å². The van der Waals surface area contributed by atoms with Crippen LogP contribution in [0.15, 0.2) is 48.5 Å². The largest absolute Gasteiger partial charge is 0.379 e. The Morgan fingerprint density at radius 3 is 2.48 bits per heavy atom. The molecule has 14 heteroatoms. The molecule has 1 aromatic heterocycles. The molecule has 3 aromatic rings. The van der Waals surface area contributed by atoms with Crippen molar-refractivity contribution in [3.63, 3.8) is 0 Å². The zero-order valence-electron chi connectivity index (χ0n) is 26.4. The van der Waals surface area contributed by atoms with E-state index in [2.05, 4.69) is 27.2 Å². The smallest absolute Gasteiger partial charge is 0.347 e. The summed E-state index contributed by atoms with van der Waals surface area (Å²) in [7, 11) is -2.00. The molecule has 46 heavy (non-hydrogen) atoms. The predicted octanol–water partition coefficient (Wildman–Crippen LogP) is 4.48. The maximum atomic E-state index is 13.7. The molecule has 0 bridgehead atoms. The van der Waals surface area contributed by atoms with Crippen LogP contribution in [0.2, 0.25) is 0 Å². The number of nitrogens with zero attached hydrogens (tertiary/aromatic N) is 4. The number of nitrogens with two attached hydrogens (primary N) is 1. The van der Waals surface area contributed by atoms with Gasteiger partial charge in [-0.15, -0.1) is 5.10 Å². The number of unbranched alkanes of at least 4 members (excludes halogenated alkanes) is 3. The molecule has 1 atom stereocenters. The summed E-state index contributed by atoms with van der Waals surface area (Å²) in [5.41, 5.74) is 5.04. The van der Waals surface area contributed by atoms with Crippen molar-refractivity contribution < 1.29 is 33.1 Å². The van der Waals surface area contributed by atoms with Gasteiger partial charge in [0.25, 0.3) is 0 Å². The number of hydrogen-bond donors (Lipinski definition) is 3. The number of carbonyl (C=O) groups is 2. The molecule has 0 radical (unpaired) electrons. The van der Waals surface area contributed by atoms with Crippen LogP contribution >= 0.6 is 8.60 Å². The number of rotatable bonds is 20. The Labute approximate surface area is 271 Å². The van der Waals surface area contributed by atoms with Gasteiger partial charge in [-0.2, -0.15) is 0 Å². The summed E-state index contributed by atoms with van der Waals surface area (Å²) < 4.78 is 22.4. The maximum absolute atomic E-state index is 13.7. The highest BCUT2D eigenvalue weighted by molar-refractivity contribution is 7.40. The van der Waals surface area contributed by atoms with Crippen molar-refractivity contribution in [2.45, 2.75) is 65.0 Å². The normalized spacial score (nSPS) is 12.9. The van der Waals surface area contributed by atoms with Crippen molar-refractivity contribution in [3.05, 3.63) is 54.1 Å². The third kappa shape index (κ3) is 10.4. The second-order valence-corrected chi connectivity index (χ2v) is 11.8. The van der Waals surface area contributed by atoms with Crippen LogP contribution in [0.4, 0.5) is 5.69 Å². The lowest BCUT2D eigenvalue weighted by atomic mass is 9.95. The number of aromatic nitrogens is 3. The summed E-state index contributed by atoms with van der Waals surface area (Å²) in [5, 5.41) is 12.0. The lowest BCUT2D eigenvalue weighted by molar-refractivity contribution is -0.125. The first kappa shape index (κ1) is 35.6. The van der Waals surface area contributed by atoms with Gasteiger partial charge in [0.1, 0.15) is 5.69 Å². The van der Waals surface area contributed by atoms with Crippen LogP contribution in [0.5, 0.6) is 0 Å². The zero-order chi connectivity index (χ0) is 32.6. The fourth-order valence-corrected chi connectivity index (χ4v) is 5.58. The van der Waals surface area contributed by atoms with E-state index < -0.39 is 8.60 Å². The van der Waals surface area contributed by atoms with Crippen molar-refractivity contribution in [1.82, 2.24) is 20.3 Å². The average Bonchev–Trinajstić information content (AvgIpc) is 3.49. The number of carbonyl (C=O) groups excluding carboxylic acids is 2. The van der Waals surface area contributed by atoms with Crippen LogP contribution in [0.25, 0.3) is 22.5 Å². The minimum atomic E-state index is -2.00. The quantitative estimate of drug-likeness (QED) is 0.0898. The fourth-order valence-electron chi connectivity index (χ4n) is 5.24. The number of hydrogen-bond acceptors (Lipinski definition) is 10. The minimum Gasteiger partial charge on any atom is -0.379 e. The van der Waals surface area contributed by atoms with Gasteiger partial charge in [0, 0.05) is 37.1 Å². The van der Waals surface area contributed by atoms with Gasteiger partial charge in [-0.25, -0.2) is 15.2 Å². The summed E-state index contributed by atoms with van der Waals surface area (Å²) in [6.07, 6.45) is 4.49. The van der Waals surface area contributed by atoms with E-state index in [1.54, 1.807) is 4.90 Å². The Morgan fingerprint density at radius 1 is 0.935 bits per heavy atom. The molecule has 250 valence electrons. The molecule has 2 aromatic carbocycles. The Morgan fingerprint density at radius 2 is 1.67 bits per heavy atom. The standard InChI is InChI=1S/C32H45N6O7P/c1-2-19-42-22-23-43-21-18-38-32-26-12-6-5-11-25(26)24-37(28-14-8-7-13-27(28)31(32)35-36-38)30(40)16-15-29(39)34-17-9-3-4-10-20-44-46(41)45-33/h5-8,11-14,41H,2-4,9-10,15-24,33H2,1H3,(H,34,39). The molecule has 0 aliphatic carbocycles. The van der Waals surface area contributed by atoms with Crippen LogP contribution < -0.4 is 16.1 Å². The van der Waals surface area contributed by atoms with Gasteiger partial charge in [-0.3, -0.25) is 9.59 Å². The van der Waals surface area contributed by atoms with Crippen molar-refractivity contribution in [3.8, 4) is 22.5 Å². The highest BCUT2D eigenvalue weighted by atomic mass is 31.2. The Hall–Kier alpha value is -3.29. The monoisotopic (exact) mass is 656 g/mol. The van der Waals surface area contributed by atoms with Gasteiger partial charge in [0.15, 0.2) is 0 Å². The minimum absolute atomic E-state index is 0.0753. The molecule has 0 spiro atoms. The van der Waals surface area contributed by atoms with Gasteiger partial charge in [0.2, 0.25) is 11.8 Å². The molecule has 0 fully saturated rings. The lowest BCUT2D eigenvalue weighted by Crippen LogP contribution is -2.33. The summed E-state index contributed by atoms with van der Waals surface area (Å²) >= 11 is 0. The first-order valence-corrected chi connectivity index (χ1v) is 17.0. The number of anilines is 1. The second-order valence-electron chi connectivity index (χ2n) is 10.8. The summed E-state index contributed by atoms with van der Waals surface area (Å²) in [6.45, 7) is 6.10. The van der Waals surface area contributed by atoms with Crippen LogP contribution in [-0.2, 0) is 41.3 Å². The van der Waals surface area contributed by atoms with Gasteiger partial charge < -0.3 is 29.1 Å². The van der Waals surface area contributed by atoms with E-state index >= 15 is 0 Å². The van der Waals surface area contributed by atoms with Gasteiger partial charge in [-0.1, -0.05) is 67.4 Å². The van der Waals surface area contributed by atoms with Gasteiger partial charge >= 0.3 is 8.60 Å². The van der Waals surface area contributed by atoms with Crippen LogP contribution in [0.1, 0.15) is 57.4 Å². The maximum Gasteiger partial charge on any atom is 0.347 e. The summed E-state index contributed by atoms with van der Waals surface area (Å²) in [6, 6.07) is 15.7. The molecule has 4 rings (SSSR count). The average molecular weight is 657 g/mol. The number of ether oxygens (including phenoxy) is 2. The SMILES string of the molecule is CCCOCCOCCn1nnc2c1-c1ccccc1CN(C(=O)CCC(=O)NCCCCCCOP(O)ON)c1ccccc1-2. The molecule has 13 nitrogen and oxygen atoms in total. The molecule has 1 aliphatic heterocycles. The number of benzene rings is 2. The highest BCUT2D eigenvalue weighted by Crippen LogP contribution is 2.41. The lowest BCUT2D eigenvalue weighted by Gasteiger charge is -2.28. The molecule has 2 heterocycles. The highest BCUT2D eigenvalue weighted by Gasteiger charge is 2.29. The number of fused-ring (bicyclic) bond motifs is 5. The van der Waals surface area contributed by atoms with Crippen LogP contribution in [-0.4, -0.2) is 71.3 Å². The van der Waals surface area contributed by atoms with Crippen LogP contribution in [0.3, 0.4) is 0 Å². The van der Waals surface area contributed by atoms with E-state index in [0.717, 1.165) is 66.8 Å². The molecule has 4 N–H and O–H groups in total. The van der Waals surface area contributed by atoms with Crippen molar-refractivity contribution in [1.29, 1.82) is 0 Å². The van der Waals surface area contributed by atoms with Crippen LogP contribution in [0, 0.1) is 0 Å². The third-order valence-corrected chi connectivity index (χ3v) is 8.09. The summed E-state index contributed by atoms with van der Waals surface area (Å²) in [4.78, 5) is 37.2. The summed E-state index contributed by atoms with van der Waals surface area (Å²) in [5.74, 6) is 4.54. The van der Waals surface area contributed by atoms with E-state index in [0.29, 0.717) is 51.8 Å². The van der Waals surface area contributed by atoms with E-state index in [4.69, 9.17) is 24.8 Å². The molecular weight excluding hydrogens is 611 g/mol. The Balaban J connectivity index is 1.37. The molecule has 1 unspecified atom stereocenters. The van der Waals surface area contributed by atoms with E-state index in [1.807, 2.05) is 53.2 Å². The predicted molar refractivity (Wildman–Crippen MR) is 175 cm³/mol. The number of nitrogens with one attached hydrogen (secondary N) is 1. The van der Waals surface area contributed by atoms with E-state index in [1.165, 1.54) is 0 Å². The molecule has 2 amide bonds. The Kier molecular flexibility index (Phi) is 15.0. The van der Waals surface area contributed by atoms with Crippen molar-refractivity contribution in [2.75, 3.05) is 44.5 Å². The first-order chi connectivity index (χ1) is 22.5. The number of amides is 2. The molecule has 1 aliphatic rings. The van der Waals surface area contributed by atoms with E-state index in [-0.39, 0.29) is 24.7 Å². The van der Waals surface area contributed by atoms with Gasteiger partial charge in [-0.05, 0) is 30.9 Å². The fraction of sp³-hybridized carbons (Fsp3) is 0.500. The second kappa shape index (κ2) is 19.4. The molecule has 0 saturated heterocycles. The third-order valence-electron chi connectivity index (χ3n) is 7.51. The Bertz CT molecular complexity index is 1390. The van der Waals surface area contributed by atoms with E-state index in [9.17, 15) is 9.59 Å².